The van der Waals surface area contributed by atoms with E-state index in [0.29, 0.717) is 6.54 Å². The first-order valence-electron chi connectivity index (χ1n) is 9.05. The zero-order valence-electron chi connectivity index (χ0n) is 16.1. The molecule has 0 radical (unpaired) electrons. The first-order chi connectivity index (χ1) is 12.4. The Morgan fingerprint density at radius 1 is 1.04 bits per heavy atom. The smallest absolute Gasteiger partial charge is 0.414 e. The molecule has 7 nitrogen and oxygen atoms in total. The van der Waals surface area contributed by atoms with Crippen LogP contribution in [0.1, 0.15) is 44.4 Å². The van der Waals surface area contributed by atoms with Crippen molar-refractivity contribution in [2.24, 2.45) is 0 Å². The Balaban J connectivity index is 2.55. The van der Waals surface area contributed by atoms with E-state index >= 15 is 0 Å². The fraction of sp³-hybridized carbons (Fsp3) is 0.526. The molecular formula is C19H30N3O4+. The Kier molecular flexibility index (Phi) is 9.36. The molecule has 26 heavy (non-hydrogen) atoms. The lowest BCUT2D eigenvalue weighted by molar-refractivity contribution is -0.881. The van der Waals surface area contributed by atoms with Gasteiger partial charge in [0.25, 0.3) is 11.8 Å². The van der Waals surface area contributed by atoms with E-state index in [0.717, 1.165) is 16.9 Å². The number of benzene rings is 1. The summed E-state index contributed by atoms with van der Waals surface area (Å²) in [7, 11) is 0. The van der Waals surface area contributed by atoms with Crippen LogP contribution in [0, 0.1) is 6.92 Å². The number of aryl methyl sites for hydroxylation is 1. The minimum Gasteiger partial charge on any atom is -0.450 e. The van der Waals surface area contributed by atoms with Crippen LogP contribution in [-0.4, -0.2) is 44.1 Å². The normalized spacial score (nSPS) is 12.8. The summed E-state index contributed by atoms with van der Waals surface area (Å²) < 4.78 is 4.67. The zero-order chi connectivity index (χ0) is 19.5. The Bertz CT molecular complexity index is 601. The molecule has 0 aliphatic carbocycles. The number of carbonyl (C=O) groups excluding carboxylic acids is 3. The van der Waals surface area contributed by atoms with Gasteiger partial charge in [-0.3, -0.25) is 14.9 Å². The van der Waals surface area contributed by atoms with Gasteiger partial charge in [0.15, 0.2) is 13.1 Å². The van der Waals surface area contributed by atoms with Crippen LogP contribution in [0.4, 0.5) is 4.79 Å². The second-order valence-electron chi connectivity index (χ2n) is 6.16. The minimum absolute atomic E-state index is 0.0318. The summed E-state index contributed by atoms with van der Waals surface area (Å²) in [6, 6.07) is 8.01. The summed E-state index contributed by atoms with van der Waals surface area (Å²) in [6.07, 6.45) is 0.0161. The van der Waals surface area contributed by atoms with E-state index in [1.165, 1.54) is 5.56 Å². The van der Waals surface area contributed by atoms with E-state index in [1.54, 1.807) is 6.92 Å². The first kappa shape index (κ1) is 21.6. The molecule has 0 spiro atoms. The minimum atomic E-state index is -0.761. The third-order valence-electron chi connectivity index (χ3n) is 4.06. The van der Waals surface area contributed by atoms with E-state index in [2.05, 4.69) is 15.4 Å². The summed E-state index contributed by atoms with van der Waals surface area (Å²) in [5.41, 5.74) is 2.23. The van der Waals surface area contributed by atoms with Gasteiger partial charge in [0, 0.05) is 0 Å². The van der Waals surface area contributed by atoms with Crippen LogP contribution in [0.5, 0.6) is 0 Å². The highest BCUT2D eigenvalue weighted by Crippen LogP contribution is 2.16. The Hall–Kier alpha value is -2.41. The topological polar surface area (TPSA) is 88.9 Å². The number of nitrogens with one attached hydrogen (secondary N) is 3. The average Bonchev–Trinajstić information content (AvgIpc) is 2.60. The molecule has 3 N–H and O–H groups in total. The quantitative estimate of drug-likeness (QED) is 0.603. The van der Waals surface area contributed by atoms with Crippen molar-refractivity contribution in [3.05, 3.63) is 35.4 Å². The largest absolute Gasteiger partial charge is 0.450 e. The van der Waals surface area contributed by atoms with Crippen molar-refractivity contribution in [3.63, 3.8) is 0 Å². The highest BCUT2D eigenvalue weighted by molar-refractivity contribution is 5.92. The van der Waals surface area contributed by atoms with Gasteiger partial charge in [-0.25, -0.2) is 4.79 Å². The molecule has 0 aromatic heterocycles. The van der Waals surface area contributed by atoms with Crippen molar-refractivity contribution in [1.29, 1.82) is 0 Å². The number of rotatable bonds is 9. The van der Waals surface area contributed by atoms with Gasteiger partial charge >= 0.3 is 6.09 Å². The maximum atomic E-state index is 12.4. The predicted octanol–water partition coefficient (Wildman–Crippen LogP) is 0.740. The third-order valence-corrected chi connectivity index (χ3v) is 4.06. The molecule has 1 unspecified atom stereocenters. The maximum Gasteiger partial charge on any atom is 0.414 e. The van der Waals surface area contributed by atoms with Crippen molar-refractivity contribution in [2.75, 3.05) is 26.2 Å². The summed E-state index contributed by atoms with van der Waals surface area (Å²) >= 11 is 0. The molecule has 0 saturated carbocycles. The molecule has 144 valence electrons. The summed E-state index contributed by atoms with van der Waals surface area (Å²) in [5.74, 6) is -0.586. The zero-order valence-corrected chi connectivity index (χ0v) is 16.1. The van der Waals surface area contributed by atoms with Crippen LogP contribution in [-0.2, 0) is 14.3 Å². The van der Waals surface area contributed by atoms with Crippen molar-refractivity contribution in [2.45, 2.75) is 40.2 Å². The second-order valence-corrected chi connectivity index (χ2v) is 6.16. The fourth-order valence-corrected chi connectivity index (χ4v) is 2.56. The molecule has 1 rings (SSSR count). The van der Waals surface area contributed by atoms with Crippen LogP contribution in [0.3, 0.4) is 0 Å². The molecular weight excluding hydrogens is 334 g/mol. The molecule has 0 bridgehead atoms. The summed E-state index contributed by atoms with van der Waals surface area (Å²) in [4.78, 5) is 36.3. The van der Waals surface area contributed by atoms with Crippen LogP contribution < -0.4 is 15.5 Å². The molecule has 0 aliphatic rings. The number of amides is 3. The van der Waals surface area contributed by atoms with Crippen molar-refractivity contribution in [1.82, 2.24) is 10.6 Å². The SMILES string of the molecule is CCOC(=O)NC(=O)C[NH+](CC)CC(=O)N[C@H](CC)c1ccc(C)cc1. The van der Waals surface area contributed by atoms with Crippen LogP contribution >= 0.6 is 0 Å². The highest BCUT2D eigenvalue weighted by Gasteiger charge is 2.20. The lowest BCUT2D eigenvalue weighted by atomic mass is 10.0. The van der Waals surface area contributed by atoms with E-state index in [1.807, 2.05) is 45.0 Å². The molecule has 0 heterocycles. The van der Waals surface area contributed by atoms with Gasteiger partial charge in [-0.05, 0) is 32.8 Å². The van der Waals surface area contributed by atoms with Crippen molar-refractivity contribution >= 4 is 17.9 Å². The number of hydrogen-bond acceptors (Lipinski definition) is 4. The molecule has 7 heteroatoms. The number of carbonyl (C=O) groups is 3. The molecule has 2 atom stereocenters. The van der Waals surface area contributed by atoms with Gasteiger partial charge < -0.3 is 15.0 Å². The molecule has 1 aromatic carbocycles. The van der Waals surface area contributed by atoms with Crippen molar-refractivity contribution in [3.8, 4) is 0 Å². The van der Waals surface area contributed by atoms with Gasteiger partial charge in [-0.15, -0.1) is 0 Å². The summed E-state index contributed by atoms with van der Waals surface area (Å²) in [6.45, 7) is 8.57. The number of alkyl carbamates (subject to hydrolysis) is 1. The van der Waals surface area contributed by atoms with E-state index in [9.17, 15) is 14.4 Å². The lowest BCUT2D eigenvalue weighted by Gasteiger charge is -2.20. The van der Waals surface area contributed by atoms with Gasteiger partial charge in [0.2, 0.25) is 0 Å². The number of imide groups is 1. The van der Waals surface area contributed by atoms with E-state index in [-0.39, 0.29) is 31.6 Å². The standard InChI is InChI=1S/C19H29N3O4/c1-5-16(15-10-8-14(4)9-11-15)20-17(23)12-22(6-2)13-18(24)21-19(25)26-7-3/h8-11,16H,5-7,12-13H2,1-4H3,(H,20,23)(H,21,24,25)/p+1/t16-/m1/s1. The molecule has 0 fully saturated rings. The van der Waals surface area contributed by atoms with Gasteiger partial charge in [-0.1, -0.05) is 36.8 Å². The Morgan fingerprint density at radius 3 is 2.19 bits per heavy atom. The van der Waals surface area contributed by atoms with Gasteiger partial charge in [0.05, 0.1) is 19.2 Å². The van der Waals surface area contributed by atoms with E-state index in [4.69, 9.17) is 0 Å². The third kappa shape index (κ3) is 7.65. The lowest BCUT2D eigenvalue weighted by Crippen LogP contribution is -3.14. The first-order valence-corrected chi connectivity index (χ1v) is 9.05. The number of hydrogen-bond donors (Lipinski definition) is 3. The number of likely N-dealkylation sites (N-methyl/N-ethyl adjacent to an activating group) is 1. The number of quaternary nitrogens is 1. The van der Waals surface area contributed by atoms with Crippen molar-refractivity contribution < 1.29 is 24.0 Å². The number of ether oxygens (including phenoxy) is 1. The molecule has 1 aromatic rings. The summed E-state index contributed by atoms with van der Waals surface area (Å²) in [5, 5.41) is 5.17. The monoisotopic (exact) mass is 364 g/mol. The van der Waals surface area contributed by atoms with Crippen LogP contribution in [0.2, 0.25) is 0 Å². The molecule has 0 saturated heterocycles. The second kappa shape index (κ2) is 11.3. The Morgan fingerprint density at radius 2 is 1.65 bits per heavy atom. The predicted molar refractivity (Wildman–Crippen MR) is 98.8 cm³/mol. The van der Waals surface area contributed by atoms with Crippen LogP contribution in [0.25, 0.3) is 0 Å². The molecule has 3 amide bonds. The fourth-order valence-electron chi connectivity index (χ4n) is 2.56. The van der Waals surface area contributed by atoms with Crippen LogP contribution in [0.15, 0.2) is 24.3 Å². The maximum absolute atomic E-state index is 12.4. The average molecular weight is 364 g/mol. The van der Waals surface area contributed by atoms with Gasteiger partial charge in [0.1, 0.15) is 0 Å². The van der Waals surface area contributed by atoms with E-state index < -0.39 is 12.0 Å². The Labute approximate surface area is 155 Å². The van der Waals surface area contributed by atoms with Gasteiger partial charge in [-0.2, -0.15) is 0 Å². The molecule has 0 aliphatic heterocycles. The highest BCUT2D eigenvalue weighted by atomic mass is 16.5.